The highest BCUT2D eigenvalue weighted by Crippen LogP contribution is 2.40. The fourth-order valence-electron chi connectivity index (χ4n) is 6.24. The molecule has 0 bridgehead atoms. The Kier molecular flexibility index (Phi) is 8.66. The minimum absolute atomic E-state index is 0.00391. The molecular weight excluding hydrogens is 545 g/mol. The van der Waals surface area contributed by atoms with E-state index in [9.17, 15) is 9.18 Å². The first-order valence-electron chi connectivity index (χ1n) is 15.0. The van der Waals surface area contributed by atoms with Crippen LogP contribution in [0, 0.1) is 11.7 Å². The molecular formula is C32H40FN9O. The van der Waals surface area contributed by atoms with E-state index in [1.165, 1.54) is 6.07 Å². The number of fused-ring (bicyclic) bond motifs is 2. The number of carbonyl (C=O) groups excluding carboxylic acids is 1. The van der Waals surface area contributed by atoms with Crippen molar-refractivity contribution >= 4 is 28.3 Å². The van der Waals surface area contributed by atoms with Gasteiger partial charge in [0.15, 0.2) is 0 Å². The number of aromatic nitrogens is 3. The standard InChI is InChI=1S/C32H40FN9O/c1-4-5-30(43)38-23-12-20(16-34-17-23)27-15-26-29(18-37-27)40-41-31(26)28-14-25-24(6-7-36-32(25)39-28)19-10-21(33)13-22(11-19)35-8-9-42(2)3/h6-7,10-14,16-17,26-27,29,31,35,37,40-41H,4-5,8-9,15,18H2,1-3H3,(H,36,39)(H,38,43). The van der Waals surface area contributed by atoms with Crippen LogP contribution < -0.4 is 26.8 Å². The van der Waals surface area contributed by atoms with Crippen molar-refractivity contribution in [3.8, 4) is 11.1 Å². The Morgan fingerprint density at radius 3 is 2.84 bits per heavy atom. The minimum Gasteiger partial charge on any atom is -0.384 e. The topological polar surface area (TPSA) is 122 Å². The van der Waals surface area contributed by atoms with Gasteiger partial charge in [-0.25, -0.2) is 14.8 Å². The first-order valence-corrected chi connectivity index (χ1v) is 15.0. The van der Waals surface area contributed by atoms with Crippen LogP contribution in [-0.2, 0) is 4.79 Å². The lowest BCUT2D eigenvalue weighted by atomic mass is 9.81. The summed E-state index contributed by atoms with van der Waals surface area (Å²) in [7, 11) is 4.03. The van der Waals surface area contributed by atoms with Crippen LogP contribution in [0.2, 0.25) is 0 Å². The summed E-state index contributed by atoms with van der Waals surface area (Å²) < 4.78 is 14.7. The molecule has 5 heterocycles. The minimum atomic E-state index is -0.278. The van der Waals surface area contributed by atoms with Gasteiger partial charge in [0, 0.05) is 73.2 Å². The molecule has 226 valence electrons. The molecule has 4 unspecified atom stereocenters. The van der Waals surface area contributed by atoms with Gasteiger partial charge < -0.3 is 25.8 Å². The van der Waals surface area contributed by atoms with Gasteiger partial charge in [-0.15, -0.1) is 0 Å². The van der Waals surface area contributed by atoms with Crippen LogP contribution >= 0.6 is 0 Å². The van der Waals surface area contributed by atoms with Gasteiger partial charge in [0.2, 0.25) is 5.91 Å². The third-order valence-corrected chi connectivity index (χ3v) is 8.37. The lowest BCUT2D eigenvalue weighted by Gasteiger charge is -2.34. The molecule has 1 aromatic carbocycles. The number of hydrogen-bond acceptors (Lipinski definition) is 8. The van der Waals surface area contributed by atoms with E-state index in [0.717, 1.165) is 77.3 Å². The number of nitrogens with one attached hydrogen (secondary N) is 6. The number of rotatable bonds is 10. The molecule has 0 radical (unpaired) electrons. The van der Waals surface area contributed by atoms with Crippen LogP contribution in [0.25, 0.3) is 22.2 Å². The largest absolute Gasteiger partial charge is 0.384 e. The quantitative estimate of drug-likeness (QED) is 0.163. The molecule has 6 rings (SSSR count). The Bertz CT molecular complexity index is 1590. The molecule has 10 nitrogen and oxygen atoms in total. The highest BCUT2D eigenvalue weighted by Gasteiger charge is 2.42. The third kappa shape index (κ3) is 6.54. The van der Waals surface area contributed by atoms with E-state index in [2.05, 4.69) is 52.7 Å². The smallest absolute Gasteiger partial charge is 0.224 e. The summed E-state index contributed by atoms with van der Waals surface area (Å²) in [6.07, 6.45) is 7.51. The number of halogens is 1. The van der Waals surface area contributed by atoms with E-state index in [1.54, 1.807) is 18.5 Å². The highest BCUT2D eigenvalue weighted by molar-refractivity contribution is 5.94. The molecule has 2 fully saturated rings. The SMILES string of the molecule is CCCC(=O)Nc1cncc(C2CC3C(CN2)NNC3c2cc3c(-c4cc(F)cc(NCCN(C)C)c4)ccnc3[nH]2)c1. The van der Waals surface area contributed by atoms with Crippen LogP contribution in [0.1, 0.15) is 49.5 Å². The predicted octanol–water partition coefficient (Wildman–Crippen LogP) is 4.34. The van der Waals surface area contributed by atoms with E-state index >= 15 is 0 Å². The van der Waals surface area contributed by atoms with Crippen LogP contribution in [0.5, 0.6) is 0 Å². The summed E-state index contributed by atoms with van der Waals surface area (Å²) in [5.74, 6) is 0.0197. The van der Waals surface area contributed by atoms with Crippen molar-refractivity contribution in [3.05, 3.63) is 72.1 Å². The van der Waals surface area contributed by atoms with Gasteiger partial charge in [-0.1, -0.05) is 6.92 Å². The Labute approximate surface area is 251 Å². The second-order valence-electron chi connectivity index (χ2n) is 11.8. The van der Waals surface area contributed by atoms with Crippen molar-refractivity contribution in [1.29, 1.82) is 0 Å². The van der Waals surface area contributed by atoms with Gasteiger partial charge in [-0.05, 0) is 80.0 Å². The molecule has 4 atom stereocenters. The number of amides is 1. The van der Waals surface area contributed by atoms with Crippen molar-refractivity contribution in [2.45, 2.75) is 44.3 Å². The van der Waals surface area contributed by atoms with Gasteiger partial charge in [0.05, 0.1) is 17.9 Å². The zero-order valence-corrected chi connectivity index (χ0v) is 24.9. The molecule has 2 aliphatic rings. The summed E-state index contributed by atoms with van der Waals surface area (Å²) in [6.45, 7) is 4.36. The molecule has 3 aromatic heterocycles. The van der Waals surface area contributed by atoms with Gasteiger partial charge >= 0.3 is 0 Å². The number of nitrogens with zero attached hydrogens (tertiary/aromatic N) is 3. The highest BCUT2D eigenvalue weighted by atomic mass is 19.1. The number of H-pyrrole nitrogens is 1. The van der Waals surface area contributed by atoms with E-state index in [0.29, 0.717) is 12.3 Å². The fourth-order valence-corrected chi connectivity index (χ4v) is 6.24. The molecule has 0 aliphatic carbocycles. The molecule has 43 heavy (non-hydrogen) atoms. The Hall–Kier alpha value is -3.90. The number of piperidine rings is 1. The number of likely N-dealkylation sites (N-methyl/N-ethyl adjacent to an activating group) is 1. The summed E-state index contributed by atoms with van der Waals surface area (Å²) >= 11 is 0. The number of anilines is 2. The van der Waals surface area contributed by atoms with Crippen LogP contribution in [0.4, 0.5) is 15.8 Å². The van der Waals surface area contributed by atoms with Gasteiger partial charge in [0.25, 0.3) is 0 Å². The average molecular weight is 586 g/mol. The maximum Gasteiger partial charge on any atom is 0.224 e. The number of aromatic amines is 1. The number of hydrazine groups is 1. The Morgan fingerprint density at radius 2 is 2.00 bits per heavy atom. The third-order valence-electron chi connectivity index (χ3n) is 8.37. The maximum atomic E-state index is 14.7. The summed E-state index contributed by atoms with van der Waals surface area (Å²) in [5.41, 5.74) is 13.1. The van der Waals surface area contributed by atoms with Crippen LogP contribution in [-0.4, -0.2) is 65.5 Å². The number of hydrogen-bond donors (Lipinski definition) is 6. The zero-order valence-electron chi connectivity index (χ0n) is 24.9. The average Bonchev–Trinajstić information content (AvgIpc) is 3.60. The van der Waals surface area contributed by atoms with Gasteiger partial charge in [0.1, 0.15) is 11.5 Å². The van der Waals surface area contributed by atoms with Crippen molar-refractivity contribution in [1.82, 2.24) is 36.0 Å². The van der Waals surface area contributed by atoms with Gasteiger partial charge in [-0.3, -0.25) is 15.2 Å². The lowest BCUT2D eigenvalue weighted by Crippen LogP contribution is -2.46. The Morgan fingerprint density at radius 1 is 1.12 bits per heavy atom. The molecule has 11 heteroatoms. The number of pyridine rings is 2. The monoisotopic (exact) mass is 585 g/mol. The fraction of sp³-hybridized carbons (Fsp3) is 0.406. The predicted molar refractivity (Wildman–Crippen MR) is 168 cm³/mol. The van der Waals surface area contributed by atoms with Crippen LogP contribution in [0.3, 0.4) is 0 Å². The molecule has 2 aliphatic heterocycles. The van der Waals surface area contributed by atoms with Crippen molar-refractivity contribution in [2.24, 2.45) is 5.92 Å². The molecule has 1 amide bonds. The molecule has 0 saturated carbocycles. The zero-order chi connectivity index (χ0) is 29.9. The van der Waals surface area contributed by atoms with Gasteiger partial charge in [-0.2, -0.15) is 0 Å². The second-order valence-corrected chi connectivity index (χ2v) is 11.8. The lowest BCUT2D eigenvalue weighted by molar-refractivity contribution is -0.116. The number of benzene rings is 1. The van der Waals surface area contributed by atoms with Crippen molar-refractivity contribution in [2.75, 3.05) is 44.4 Å². The molecule has 0 spiro atoms. The summed E-state index contributed by atoms with van der Waals surface area (Å²) in [4.78, 5) is 26.8. The van der Waals surface area contributed by atoms with Crippen molar-refractivity contribution in [3.63, 3.8) is 0 Å². The maximum absolute atomic E-state index is 14.7. The van der Waals surface area contributed by atoms with E-state index in [1.807, 2.05) is 45.4 Å². The second kappa shape index (κ2) is 12.8. The molecule has 4 aromatic rings. The van der Waals surface area contributed by atoms with E-state index < -0.39 is 0 Å². The Balaban J connectivity index is 1.23. The molecule has 6 N–H and O–H groups in total. The first-order chi connectivity index (χ1) is 20.9. The normalized spacial score (nSPS) is 21.7. The van der Waals surface area contributed by atoms with Crippen LogP contribution in [0.15, 0.2) is 55.0 Å². The molecule has 2 saturated heterocycles. The summed E-state index contributed by atoms with van der Waals surface area (Å²) in [6, 6.07) is 11.6. The van der Waals surface area contributed by atoms with E-state index in [-0.39, 0.29) is 29.8 Å². The summed E-state index contributed by atoms with van der Waals surface area (Å²) in [5, 5.41) is 10.9. The van der Waals surface area contributed by atoms with E-state index in [4.69, 9.17) is 0 Å². The van der Waals surface area contributed by atoms with Crippen molar-refractivity contribution < 1.29 is 9.18 Å². The first kappa shape index (κ1) is 29.2. The number of carbonyl (C=O) groups is 1.